The molecule has 1 fully saturated rings. The summed E-state index contributed by atoms with van der Waals surface area (Å²) in [7, 11) is 1.58. The second-order valence-corrected chi connectivity index (χ2v) is 10.1. The molecule has 0 aromatic heterocycles. The van der Waals surface area contributed by atoms with Crippen molar-refractivity contribution in [2.75, 3.05) is 23.9 Å². The van der Waals surface area contributed by atoms with Crippen molar-refractivity contribution < 1.29 is 19.1 Å². The molecule has 0 unspecified atom stereocenters. The summed E-state index contributed by atoms with van der Waals surface area (Å²) in [5.74, 6) is 0.564. The van der Waals surface area contributed by atoms with Gasteiger partial charge in [-0.2, -0.15) is 0 Å². The van der Waals surface area contributed by atoms with Crippen molar-refractivity contribution in [1.82, 2.24) is 0 Å². The van der Waals surface area contributed by atoms with E-state index in [1.54, 1.807) is 55.7 Å². The predicted octanol–water partition coefficient (Wildman–Crippen LogP) is 6.39. The van der Waals surface area contributed by atoms with Crippen LogP contribution in [0, 0.1) is 13.8 Å². The number of carbonyl (C=O) groups is 2. The third kappa shape index (κ3) is 5.90. The first-order valence-electron chi connectivity index (χ1n) is 11.0. The van der Waals surface area contributed by atoms with Gasteiger partial charge in [-0.3, -0.25) is 14.5 Å². The molecular weight excluding hydrogens is 516 g/mol. The zero-order chi connectivity index (χ0) is 25.8. The molecule has 3 aromatic carbocycles. The molecule has 184 valence electrons. The van der Waals surface area contributed by atoms with E-state index in [9.17, 15) is 9.59 Å². The highest BCUT2D eigenvalue weighted by atomic mass is 35.5. The summed E-state index contributed by atoms with van der Waals surface area (Å²) in [6, 6.07) is 18.0. The van der Waals surface area contributed by atoms with E-state index in [0.717, 1.165) is 16.8 Å². The number of amides is 2. The molecule has 0 spiro atoms. The third-order valence-corrected chi connectivity index (χ3v) is 6.99. The molecule has 1 N–H and O–H groups in total. The molecule has 0 saturated carbocycles. The van der Waals surface area contributed by atoms with E-state index in [-0.39, 0.29) is 18.4 Å². The first kappa shape index (κ1) is 25.8. The van der Waals surface area contributed by atoms with E-state index >= 15 is 0 Å². The summed E-state index contributed by atoms with van der Waals surface area (Å²) < 4.78 is 11.2. The molecule has 0 bridgehead atoms. The van der Waals surface area contributed by atoms with E-state index in [1.165, 1.54) is 16.7 Å². The lowest BCUT2D eigenvalue weighted by atomic mass is 10.1. The van der Waals surface area contributed by atoms with Gasteiger partial charge in [0.05, 0.1) is 22.7 Å². The molecule has 3 aromatic rings. The van der Waals surface area contributed by atoms with Crippen LogP contribution in [0.15, 0.2) is 65.6 Å². The van der Waals surface area contributed by atoms with Crippen LogP contribution in [0.5, 0.6) is 11.5 Å². The van der Waals surface area contributed by atoms with Gasteiger partial charge in [-0.05, 0) is 73.5 Å². The van der Waals surface area contributed by atoms with Gasteiger partial charge in [-0.15, -0.1) is 0 Å². The maximum Gasteiger partial charge on any atom is 0.270 e. The SMILES string of the molecule is COc1ccc(N2C(=O)/C(=C/c3ccc(OCC(=O)Nc4ccc(C)cc4C)c(Cl)c3)SC2=S)cc1. The average Bonchev–Trinajstić information content (AvgIpc) is 3.13. The lowest BCUT2D eigenvalue weighted by molar-refractivity contribution is -0.118. The van der Waals surface area contributed by atoms with Crippen molar-refractivity contribution in [2.24, 2.45) is 0 Å². The Kier molecular flexibility index (Phi) is 7.98. The Labute approximate surface area is 224 Å². The monoisotopic (exact) mass is 538 g/mol. The fourth-order valence-corrected chi connectivity index (χ4v) is 5.12. The maximum atomic E-state index is 13.0. The molecule has 4 rings (SSSR count). The molecule has 0 radical (unpaired) electrons. The van der Waals surface area contributed by atoms with E-state index < -0.39 is 0 Å². The number of nitrogens with zero attached hydrogens (tertiary/aromatic N) is 1. The van der Waals surface area contributed by atoms with Crippen LogP contribution in [-0.2, 0) is 9.59 Å². The van der Waals surface area contributed by atoms with Gasteiger partial charge in [0.1, 0.15) is 11.5 Å². The zero-order valence-electron chi connectivity index (χ0n) is 19.8. The lowest BCUT2D eigenvalue weighted by Crippen LogP contribution is -2.27. The fraction of sp³-hybridized carbons (Fsp3) is 0.148. The normalized spacial score (nSPS) is 14.3. The van der Waals surface area contributed by atoms with Gasteiger partial charge < -0.3 is 14.8 Å². The number of ether oxygens (including phenoxy) is 2. The molecule has 9 heteroatoms. The lowest BCUT2D eigenvalue weighted by Gasteiger charge is -2.14. The number of thiocarbonyl (C=S) groups is 1. The molecule has 1 aliphatic heterocycles. The quantitative estimate of drug-likeness (QED) is 0.278. The van der Waals surface area contributed by atoms with Crippen molar-refractivity contribution in [3.05, 3.63) is 87.3 Å². The smallest absolute Gasteiger partial charge is 0.270 e. The van der Waals surface area contributed by atoms with E-state index in [2.05, 4.69) is 5.32 Å². The molecule has 1 saturated heterocycles. The van der Waals surface area contributed by atoms with Crippen molar-refractivity contribution in [3.63, 3.8) is 0 Å². The fourth-order valence-electron chi connectivity index (χ4n) is 3.58. The molecule has 1 aliphatic rings. The average molecular weight is 539 g/mol. The van der Waals surface area contributed by atoms with Gasteiger partial charge in [0, 0.05) is 5.69 Å². The van der Waals surface area contributed by atoms with Crippen molar-refractivity contribution in [2.45, 2.75) is 13.8 Å². The summed E-state index contributed by atoms with van der Waals surface area (Å²) in [4.78, 5) is 27.3. The first-order chi connectivity index (χ1) is 17.2. The van der Waals surface area contributed by atoms with Crippen LogP contribution in [0.4, 0.5) is 11.4 Å². The Morgan fingerprint density at radius 2 is 1.86 bits per heavy atom. The molecule has 6 nitrogen and oxygen atoms in total. The van der Waals surface area contributed by atoms with Crippen LogP contribution in [0.3, 0.4) is 0 Å². The van der Waals surface area contributed by atoms with Crippen molar-refractivity contribution in [3.8, 4) is 11.5 Å². The largest absolute Gasteiger partial charge is 0.497 e. The van der Waals surface area contributed by atoms with Crippen LogP contribution in [-0.4, -0.2) is 29.9 Å². The van der Waals surface area contributed by atoms with Gasteiger partial charge >= 0.3 is 0 Å². The van der Waals surface area contributed by atoms with E-state index in [4.69, 9.17) is 33.3 Å². The Balaban J connectivity index is 1.41. The number of aryl methyl sites for hydroxylation is 2. The minimum Gasteiger partial charge on any atom is -0.497 e. The Morgan fingerprint density at radius 3 is 2.53 bits per heavy atom. The summed E-state index contributed by atoms with van der Waals surface area (Å²) in [6.45, 7) is 3.74. The summed E-state index contributed by atoms with van der Waals surface area (Å²) >= 11 is 13.0. The van der Waals surface area contributed by atoms with E-state index in [0.29, 0.717) is 37.0 Å². The topological polar surface area (TPSA) is 67.9 Å². The number of rotatable bonds is 7. The molecule has 2 amide bonds. The number of halogens is 1. The number of nitrogens with one attached hydrogen (secondary N) is 1. The van der Waals surface area contributed by atoms with Crippen molar-refractivity contribution in [1.29, 1.82) is 0 Å². The second kappa shape index (κ2) is 11.2. The maximum absolute atomic E-state index is 13.0. The van der Waals surface area contributed by atoms with E-state index in [1.807, 2.05) is 32.0 Å². The van der Waals surface area contributed by atoms with Gasteiger partial charge in [0.2, 0.25) is 0 Å². The highest BCUT2D eigenvalue weighted by molar-refractivity contribution is 8.27. The summed E-state index contributed by atoms with van der Waals surface area (Å²) in [6.07, 6.45) is 1.73. The zero-order valence-corrected chi connectivity index (χ0v) is 22.2. The summed E-state index contributed by atoms with van der Waals surface area (Å²) in [5, 5.41) is 3.17. The number of anilines is 2. The van der Waals surface area contributed by atoms with Crippen LogP contribution >= 0.6 is 35.6 Å². The highest BCUT2D eigenvalue weighted by Crippen LogP contribution is 2.37. The molecule has 0 aliphatic carbocycles. The Morgan fingerprint density at radius 1 is 1.11 bits per heavy atom. The number of carbonyl (C=O) groups excluding carboxylic acids is 2. The van der Waals surface area contributed by atoms with Gasteiger partial charge in [0.15, 0.2) is 10.9 Å². The highest BCUT2D eigenvalue weighted by Gasteiger charge is 2.33. The minimum absolute atomic E-state index is 0.188. The molecule has 1 heterocycles. The van der Waals surface area contributed by atoms with Crippen LogP contribution in [0.2, 0.25) is 5.02 Å². The number of benzene rings is 3. The van der Waals surface area contributed by atoms with Gasteiger partial charge in [-0.25, -0.2) is 0 Å². The van der Waals surface area contributed by atoms with Gasteiger partial charge in [0.25, 0.3) is 11.8 Å². The number of thioether (sulfide) groups is 1. The van der Waals surface area contributed by atoms with Crippen LogP contribution < -0.4 is 19.7 Å². The third-order valence-electron chi connectivity index (χ3n) is 5.39. The van der Waals surface area contributed by atoms with Crippen LogP contribution in [0.25, 0.3) is 6.08 Å². The molecule has 0 atom stereocenters. The molecular formula is C27H23ClN2O4S2. The van der Waals surface area contributed by atoms with Crippen LogP contribution in [0.1, 0.15) is 16.7 Å². The Bertz CT molecular complexity index is 1370. The van der Waals surface area contributed by atoms with Gasteiger partial charge in [-0.1, -0.05) is 59.3 Å². The number of hydrogen-bond donors (Lipinski definition) is 1. The summed E-state index contributed by atoms with van der Waals surface area (Å²) in [5.41, 5.74) is 4.21. The standard InChI is InChI=1S/C27H23ClN2O4S2/c1-16-4-10-22(17(2)12-16)29-25(31)15-34-23-11-5-18(13-21(23)28)14-24-26(32)30(27(35)36-24)19-6-8-20(33-3)9-7-19/h4-14H,15H2,1-3H3,(H,29,31)/b24-14-. The number of methoxy groups -OCH3 is 1. The second-order valence-electron chi connectivity index (χ2n) is 8.06. The minimum atomic E-state index is -0.288. The molecule has 36 heavy (non-hydrogen) atoms. The predicted molar refractivity (Wildman–Crippen MR) is 150 cm³/mol. The number of hydrogen-bond acceptors (Lipinski definition) is 6. The first-order valence-corrected chi connectivity index (χ1v) is 12.6. The Hall–Kier alpha value is -3.33. The van der Waals surface area contributed by atoms with Crippen molar-refractivity contribution >= 4 is 69.2 Å².